The van der Waals surface area contributed by atoms with Crippen molar-refractivity contribution in [3.05, 3.63) is 96.3 Å². The molecule has 0 aliphatic carbocycles. The smallest absolute Gasteiger partial charge is 0.247 e. The molecule has 32 heavy (non-hydrogen) atoms. The van der Waals surface area contributed by atoms with Gasteiger partial charge in [0.25, 0.3) is 0 Å². The fraction of sp³-hybridized carbons (Fsp3) is 0.0385. The molecule has 3 aromatic carbocycles. The molecule has 0 radical (unpaired) electrons. The molecule has 0 spiro atoms. The Balaban J connectivity index is 1.81. The van der Waals surface area contributed by atoms with E-state index >= 15 is 0 Å². The standard InChI is InChI=1S/C26H18ClN3O2/c1-17(31)30(23-12-5-4-11-22(23)27)26-24(19-13-15-28-16-14-19)25(29-32-26)21-10-6-8-18-7-2-3-9-20(18)21/h2-16H,1H3. The van der Waals surface area contributed by atoms with Crippen LogP contribution in [0.25, 0.3) is 33.2 Å². The molecule has 2 aromatic heterocycles. The summed E-state index contributed by atoms with van der Waals surface area (Å²) in [5, 5.41) is 7.00. The van der Waals surface area contributed by atoms with E-state index in [0.717, 1.165) is 21.9 Å². The first-order valence-electron chi connectivity index (χ1n) is 10.1. The summed E-state index contributed by atoms with van der Waals surface area (Å²) in [5.74, 6) is 0.0637. The zero-order valence-corrected chi connectivity index (χ0v) is 18.0. The number of hydrogen-bond acceptors (Lipinski definition) is 4. The molecule has 0 unspecified atom stereocenters. The quantitative estimate of drug-likeness (QED) is 0.305. The van der Waals surface area contributed by atoms with Crippen LogP contribution in [0, 0.1) is 0 Å². The number of rotatable bonds is 4. The average Bonchev–Trinajstić information content (AvgIpc) is 3.25. The zero-order valence-electron chi connectivity index (χ0n) is 17.2. The minimum Gasteiger partial charge on any atom is -0.337 e. The van der Waals surface area contributed by atoms with Crippen LogP contribution in [-0.4, -0.2) is 16.0 Å². The van der Waals surface area contributed by atoms with Gasteiger partial charge in [-0.3, -0.25) is 9.78 Å². The number of hydrogen-bond donors (Lipinski definition) is 0. The fourth-order valence-corrected chi connectivity index (χ4v) is 4.10. The maximum absolute atomic E-state index is 12.8. The van der Waals surface area contributed by atoms with Gasteiger partial charge in [0.1, 0.15) is 5.69 Å². The fourth-order valence-electron chi connectivity index (χ4n) is 3.88. The van der Waals surface area contributed by atoms with Crippen LogP contribution in [0.15, 0.2) is 95.8 Å². The first-order valence-corrected chi connectivity index (χ1v) is 10.5. The largest absolute Gasteiger partial charge is 0.337 e. The van der Waals surface area contributed by atoms with Gasteiger partial charge in [0.2, 0.25) is 11.8 Å². The van der Waals surface area contributed by atoms with Crippen LogP contribution in [0.2, 0.25) is 5.02 Å². The number of para-hydroxylation sites is 1. The predicted molar refractivity (Wildman–Crippen MR) is 127 cm³/mol. The predicted octanol–water partition coefficient (Wildman–Crippen LogP) is 6.89. The third-order valence-electron chi connectivity index (χ3n) is 5.30. The number of pyridine rings is 1. The topological polar surface area (TPSA) is 59.2 Å². The summed E-state index contributed by atoms with van der Waals surface area (Å²) in [5.41, 5.74) is 3.60. The number of carbonyl (C=O) groups is 1. The number of halogens is 1. The van der Waals surface area contributed by atoms with Gasteiger partial charge in [-0.1, -0.05) is 71.4 Å². The summed E-state index contributed by atoms with van der Waals surface area (Å²) in [4.78, 5) is 18.4. The van der Waals surface area contributed by atoms with E-state index < -0.39 is 0 Å². The zero-order chi connectivity index (χ0) is 22.1. The summed E-state index contributed by atoms with van der Waals surface area (Å²) < 4.78 is 5.86. The van der Waals surface area contributed by atoms with E-state index in [2.05, 4.69) is 22.3 Å². The number of amides is 1. The van der Waals surface area contributed by atoms with E-state index in [1.807, 2.05) is 54.6 Å². The van der Waals surface area contributed by atoms with Gasteiger partial charge in [-0.2, -0.15) is 0 Å². The van der Waals surface area contributed by atoms with Gasteiger partial charge >= 0.3 is 0 Å². The first-order chi connectivity index (χ1) is 15.6. The van der Waals surface area contributed by atoms with Crippen molar-refractivity contribution >= 4 is 39.9 Å². The first kappa shape index (κ1) is 20.0. The molecule has 0 aliphatic heterocycles. The lowest BCUT2D eigenvalue weighted by atomic mass is 9.96. The van der Waals surface area contributed by atoms with E-state index in [4.69, 9.17) is 16.1 Å². The molecule has 0 fully saturated rings. The van der Waals surface area contributed by atoms with Gasteiger partial charge < -0.3 is 4.52 Å². The summed E-state index contributed by atoms with van der Waals surface area (Å²) >= 11 is 6.45. The molecule has 0 saturated heterocycles. The van der Waals surface area contributed by atoms with Crippen LogP contribution < -0.4 is 4.90 Å². The van der Waals surface area contributed by atoms with Gasteiger partial charge in [-0.05, 0) is 40.6 Å². The maximum atomic E-state index is 12.8. The number of anilines is 2. The van der Waals surface area contributed by atoms with Crippen molar-refractivity contribution in [1.82, 2.24) is 10.1 Å². The molecule has 2 heterocycles. The van der Waals surface area contributed by atoms with E-state index in [-0.39, 0.29) is 5.91 Å². The van der Waals surface area contributed by atoms with Gasteiger partial charge in [0.05, 0.1) is 16.3 Å². The molecule has 6 heteroatoms. The molecule has 0 atom stereocenters. The highest BCUT2D eigenvalue weighted by Gasteiger charge is 2.29. The van der Waals surface area contributed by atoms with Gasteiger partial charge in [0.15, 0.2) is 0 Å². The number of aromatic nitrogens is 2. The Bertz CT molecular complexity index is 1420. The summed E-state index contributed by atoms with van der Waals surface area (Å²) in [6, 6.07) is 25.0. The van der Waals surface area contributed by atoms with Crippen molar-refractivity contribution in [2.75, 3.05) is 4.90 Å². The van der Waals surface area contributed by atoms with Gasteiger partial charge in [0, 0.05) is 24.9 Å². The number of fused-ring (bicyclic) bond motifs is 1. The van der Waals surface area contributed by atoms with Crippen molar-refractivity contribution in [2.24, 2.45) is 0 Å². The number of benzene rings is 3. The normalized spacial score (nSPS) is 10.9. The van der Waals surface area contributed by atoms with Crippen LogP contribution in [0.4, 0.5) is 11.6 Å². The lowest BCUT2D eigenvalue weighted by Crippen LogP contribution is -2.23. The highest BCUT2D eigenvalue weighted by Crippen LogP contribution is 2.44. The van der Waals surface area contributed by atoms with E-state index in [1.54, 1.807) is 24.5 Å². The van der Waals surface area contributed by atoms with E-state index in [0.29, 0.717) is 27.9 Å². The van der Waals surface area contributed by atoms with Crippen LogP contribution in [0.3, 0.4) is 0 Å². The number of carbonyl (C=O) groups excluding carboxylic acids is 1. The molecular formula is C26H18ClN3O2. The van der Waals surface area contributed by atoms with E-state index in [9.17, 15) is 4.79 Å². The lowest BCUT2D eigenvalue weighted by molar-refractivity contribution is -0.116. The Morgan fingerprint density at radius 2 is 1.62 bits per heavy atom. The van der Waals surface area contributed by atoms with Crippen LogP contribution >= 0.6 is 11.6 Å². The van der Waals surface area contributed by atoms with Crippen molar-refractivity contribution in [2.45, 2.75) is 6.92 Å². The Labute approximate surface area is 189 Å². The Morgan fingerprint density at radius 3 is 2.41 bits per heavy atom. The Hall–Kier alpha value is -3.96. The summed E-state index contributed by atoms with van der Waals surface area (Å²) in [6.45, 7) is 1.47. The monoisotopic (exact) mass is 439 g/mol. The lowest BCUT2D eigenvalue weighted by Gasteiger charge is -2.20. The van der Waals surface area contributed by atoms with Crippen molar-refractivity contribution in [1.29, 1.82) is 0 Å². The molecule has 0 saturated carbocycles. The van der Waals surface area contributed by atoms with Gasteiger partial charge in [-0.15, -0.1) is 0 Å². The third kappa shape index (κ3) is 3.43. The van der Waals surface area contributed by atoms with Gasteiger partial charge in [-0.25, -0.2) is 4.90 Å². The third-order valence-corrected chi connectivity index (χ3v) is 5.62. The summed E-state index contributed by atoms with van der Waals surface area (Å²) in [6.07, 6.45) is 3.40. The van der Waals surface area contributed by atoms with Crippen molar-refractivity contribution in [3.8, 4) is 22.4 Å². The Kier molecular flexibility index (Phi) is 5.17. The van der Waals surface area contributed by atoms with Crippen LogP contribution in [-0.2, 0) is 4.79 Å². The summed E-state index contributed by atoms with van der Waals surface area (Å²) in [7, 11) is 0. The number of nitrogens with zero attached hydrogens (tertiary/aromatic N) is 3. The molecule has 0 aliphatic rings. The molecular weight excluding hydrogens is 422 g/mol. The maximum Gasteiger partial charge on any atom is 0.247 e. The van der Waals surface area contributed by atoms with Crippen molar-refractivity contribution in [3.63, 3.8) is 0 Å². The van der Waals surface area contributed by atoms with Crippen molar-refractivity contribution < 1.29 is 9.32 Å². The average molecular weight is 440 g/mol. The minimum atomic E-state index is -0.242. The molecule has 1 amide bonds. The van der Waals surface area contributed by atoms with E-state index in [1.165, 1.54) is 11.8 Å². The molecule has 0 N–H and O–H groups in total. The van der Waals surface area contributed by atoms with Crippen LogP contribution in [0.1, 0.15) is 6.92 Å². The highest BCUT2D eigenvalue weighted by molar-refractivity contribution is 6.34. The Morgan fingerprint density at radius 1 is 0.906 bits per heavy atom. The minimum absolute atomic E-state index is 0.242. The van der Waals surface area contributed by atoms with Crippen LogP contribution in [0.5, 0.6) is 0 Å². The molecule has 0 bridgehead atoms. The second-order valence-electron chi connectivity index (χ2n) is 7.28. The second-order valence-corrected chi connectivity index (χ2v) is 7.69. The highest BCUT2D eigenvalue weighted by atomic mass is 35.5. The molecule has 5 nitrogen and oxygen atoms in total. The second kappa shape index (κ2) is 8.29. The molecule has 156 valence electrons. The molecule has 5 rings (SSSR count). The molecule has 5 aromatic rings. The SMILES string of the molecule is CC(=O)N(c1ccccc1Cl)c1onc(-c2cccc3ccccc23)c1-c1ccncc1.